The topological polar surface area (TPSA) is 77.0 Å². The van der Waals surface area contributed by atoms with Gasteiger partial charge >= 0.3 is 5.97 Å². The van der Waals surface area contributed by atoms with Gasteiger partial charge in [0.1, 0.15) is 17.2 Å². The van der Waals surface area contributed by atoms with Crippen molar-refractivity contribution < 1.29 is 19.1 Å². The van der Waals surface area contributed by atoms with Crippen LogP contribution >= 0.6 is 11.6 Å². The first-order valence-electron chi connectivity index (χ1n) is 8.82. The predicted octanol–water partition coefficient (Wildman–Crippen LogP) is 5.39. The SMILES string of the molecule is COc1ccc(Cl)cc1N=Cc1cn(Cc2ccc(C(=O)O)o2)c2ccccc12. The van der Waals surface area contributed by atoms with E-state index in [-0.39, 0.29) is 5.76 Å². The number of hydrogen-bond acceptors (Lipinski definition) is 4. The lowest BCUT2D eigenvalue weighted by atomic mass is 10.2. The summed E-state index contributed by atoms with van der Waals surface area (Å²) in [4.78, 5) is 15.6. The molecule has 4 rings (SSSR count). The molecule has 4 aromatic rings. The van der Waals surface area contributed by atoms with E-state index in [1.807, 2.05) is 35.0 Å². The minimum Gasteiger partial charge on any atom is -0.494 e. The van der Waals surface area contributed by atoms with Crippen molar-refractivity contribution >= 4 is 40.4 Å². The summed E-state index contributed by atoms with van der Waals surface area (Å²) in [6.45, 7) is 0.405. The van der Waals surface area contributed by atoms with Gasteiger partial charge in [-0.15, -0.1) is 0 Å². The lowest BCUT2D eigenvalue weighted by Gasteiger charge is -2.03. The van der Waals surface area contributed by atoms with E-state index < -0.39 is 5.97 Å². The highest BCUT2D eigenvalue weighted by Gasteiger charge is 2.12. The van der Waals surface area contributed by atoms with Crippen molar-refractivity contribution in [1.29, 1.82) is 0 Å². The van der Waals surface area contributed by atoms with Crippen molar-refractivity contribution in [1.82, 2.24) is 4.57 Å². The quantitative estimate of drug-likeness (QED) is 0.434. The van der Waals surface area contributed by atoms with Gasteiger partial charge in [-0.05, 0) is 36.4 Å². The number of nitrogens with zero attached hydrogens (tertiary/aromatic N) is 2. The second-order valence-corrected chi connectivity index (χ2v) is 6.81. The number of fused-ring (bicyclic) bond motifs is 1. The Morgan fingerprint density at radius 2 is 2.07 bits per heavy atom. The Labute approximate surface area is 171 Å². The smallest absolute Gasteiger partial charge is 0.371 e. The van der Waals surface area contributed by atoms with Crippen molar-refractivity contribution in [3.63, 3.8) is 0 Å². The normalized spacial score (nSPS) is 11.4. The van der Waals surface area contributed by atoms with Gasteiger partial charge in [0.05, 0.1) is 13.7 Å². The van der Waals surface area contributed by atoms with Crippen LogP contribution in [0.25, 0.3) is 10.9 Å². The number of aromatic nitrogens is 1. The summed E-state index contributed by atoms with van der Waals surface area (Å²) in [5.74, 6) is 0.0255. The molecule has 1 N–H and O–H groups in total. The van der Waals surface area contributed by atoms with Crippen LogP contribution in [0.2, 0.25) is 5.02 Å². The van der Waals surface area contributed by atoms with Crippen LogP contribution in [0.15, 0.2) is 70.2 Å². The third kappa shape index (κ3) is 3.88. The molecular formula is C22H17ClN2O4. The fourth-order valence-corrected chi connectivity index (χ4v) is 3.32. The molecule has 6 nitrogen and oxygen atoms in total. The number of rotatable bonds is 6. The fourth-order valence-electron chi connectivity index (χ4n) is 3.16. The fraction of sp³-hybridized carbons (Fsp3) is 0.0909. The van der Waals surface area contributed by atoms with E-state index in [0.29, 0.717) is 28.8 Å². The maximum atomic E-state index is 11.0. The lowest BCUT2D eigenvalue weighted by molar-refractivity contribution is 0.0660. The molecule has 0 spiro atoms. The zero-order valence-corrected chi connectivity index (χ0v) is 16.3. The number of carbonyl (C=O) groups is 1. The van der Waals surface area contributed by atoms with Crippen LogP contribution in [0.3, 0.4) is 0 Å². The highest BCUT2D eigenvalue weighted by atomic mass is 35.5. The number of halogens is 1. The van der Waals surface area contributed by atoms with Crippen LogP contribution in [-0.2, 0) is 6.54 Å². The first-order valence-corrected chi connectivity index (χ1v) is 9.20. The second-order valence-electron chi connectivity index (χ2n) is 6.37. The van der Waals surface area contributed by atoms with Crippen LogP contribution in [-0.4, -0.2) is 29.0 Å². The first kappa shape index (κ1) is 18.8. The average molecular weight is 409 g/mol. The summed E-state index contributed by atoms with van der Waals surface area (Å²) < 4.78 is 12.7. The standard InChI is InChI=1S/C22H17ClN2O4/c1-28-20-8-6-15(23)10-18(20)24-11-14-12-25(19-5-3-2-4-17(14)19)13-16-7-9-21(29-16)22(26)27/h2-12H,13H2,1H3,(H,26,27). The molecule has 0 aliphatic heterocycles. The van der Waals surface area contributed by atoms with E-state index >= 15 is 0 Å². The molecule has 0 fully saturated rings. The van der Waals surface area contributed by atoms with Crippen LogP contribution in [0.5, 0.6) is 5.75 Å². The van der Waals surface area contributed by atoms with Gasteiger partial charge in [0.25, 0.3) is 0 Å². The molecule has 7 heteroatoms. The zero-order valence-electron chi connectivity index (χ0n) is 15.5. The van der Waals surface area contributed by atoms with Crippen molar-refractivity contribution in [2.45, 2.75) is 6.54 Å². The summed E-state index contributed by atoms with van der Waals surface area (Å²) in [7, 11) is 1.59. The number of methoxy groups -OCH3 is 1. The summed E-state index contributed by atoms with van der Waals surface area (Å²) in [5, 5.41) is 10.6. The molecule has 0 aliphatic carbocycles. The Morgan fingerprint density at radius 1 is 1.24 bits per heavy atom. The Bertz CT molecular complexity index is 1220. The van der Waals surface area contributed by atoms with Gasteiger partial charge in [-0.25, -0.2) is 4.79 Å². The van der Waals surface area contributed by atoms with E-state index in [1.165, 1.54) is 6.07 Å². The summed E-state index contributed by atoms with van der Waals surface area (Å²) in [5.41, 5.74) is 2.53. The van der Waals surface area contributed by atoms with Crippen molar-refractivity contribution in [2.24, 2.45) is 4.99 Å². The van der Waals surface area contributed by atoms with Gasteiger partial charge < -0.3 is 18.8 Å². The molecule has 29 heavy (non-hydrogen) atoms. The highest BCUT2D eigenvalue weighted by molar-refractivity contribution is 6.30. The van der Waals surface area contributed by atoms with E-state index in [2.05, 4.69) is 4.99 Å². The predicted molar refractivity (Wildman–Crippen MR) is 112 cm³/mol. The zero-order chi connectivity index (χ0) is 20.4. The van der Waals surface area contributed by atoms with Crippen molar-refractivity contribution in [3.05, 3.63) is 82.9 Å². The number of para-hydroxylation sites is 1. The number of aromatic carboxylic acids is 1. The van der Waals surface area contributed by atoms with Crippen LogP contribution in [0, 0.1) is 0 Å². The van der Waals surface area contributed by atoms with Gasteiger partial charge in [-0.3, -0.25) is 4.99 Å². The Morgan fingerprint density at radius 3 is 2.83 bits per heavy atom. The number of furan rings is 1. The number of hydrogen-bond donors (Lipinski definition) is 1. The maximum absolute atomic E-state index is 11.0. The van der Waals surface area contributed by atoms with Gasteiger partial charge in [-0.2, -0.15) is 0 Å². The number of carboxylic acid groups (broad SMARTS) is 1. The molecule has 0 saturated carbocycles. The van der Waals surface area contributed by atoms with Gasteiger partial charge in [0, 0.05) is 33.9 Å². The minimum absolute atomic E-state index is 0.0775. The monoisotopic (exact) mass is 408 g/mol. The molecule has 0 saturated heterocycles. The minimum atomic E-state index is -1.09. The molecule has 0 amide bonds. The third-order valence-corrected chi connectivity index (χ3v) is 4.74. The maximum Gasteiger partial charge on any atom is 0.371 e. The van der Waals surface area contributed by atoms with Gasteiger partial charge in [-0.1, -0.05) is 29.8 Å². The Hall–Kier alpha value is -3.51. The molecule has 0 aliphatic rings. The van der Waals surface area contributed by atoms with Gasteiger partial charge in [0.15, 0.2) is 0 Å². The molecule has 0 radical (unpaired) electrons. The molecule has 0 unspecified atom stereocenters. The molecule has 0 atom stereocenters. The molecule has 2 aromatic carbocycles. The van der Waals surface area contributed by atoms with E-state index in [0.717, 1.165) is 16.5 Å². The summed E-state index contributed by atoms with van der Waals surface area (Å²) >= 11 is 6.08. The lowest BCUT2D eigenvalue weighted by Crippen LogP contribution is -1.97. The Balaban J connectivity index is 1.71. The summed E-state index contributed by atoms with van der Waals surface area (Å²) in [6.07, 6.45) is 3.71. The van der Waals surface area contributed by atoms with E-state index in [4.69, 9.17) is 25.9 Å². The number of aliphatic imine (C=N–C) groups is 1. The largest absolute Gasteiger partial charge is 0.494 e. The molecule has 2 heterocycles. The molecular weight excluding hydrogens is 392 g/mol. The summed E-state index contributed by atoms with van der Waals surface area (Å²) in [6, 6.07) is 16.3. The Kier molecular flexibility index (Phi) is 5.10. The average Bonchev–Trinajstić information content (AvgIpc) is 3.32. The molecule has 2 aromatic heterocycles. The molecule has 0 bridgehead atoms. The van der Waals surface area contributed by atoms with E-state index in [1.54, 1.807) is 37.6 Å². The van der Waals surface area contributed by atoms with Crippen LogP contribution < -0.4 is 4.74 Å². The van der Waals surface area contributed by atoms with Crippen LogP contribution in [0.4, 0.5) is 5.69 Å². The second kappa shape index (κ2) is 7.85. The first-order chi connectivity index (χ1) is 14.0. The highest BCUT2D eigenvalue weighted by Crippen LogP contribution is 2.31. The number of benzene rings is 2. The van der Waals surface area contributed by atoms with Crippen LogP contribution in [0.1, 0.15) is 21.9 Å². The number of carboxylic acids is 1. The number of ether oxygens (including phenoxy) is 1. The van der Waals surface area contributed by atoms with Crippen molar-refractivity contribution in [3.8, 4) is 5.75 Å². The third-order valence-electron chi connectivity index (χ3n) is 4.50. The van der Waals surface area contributed by atoms with Gasteiger partial charge in [0.2, 0.25) is 5.76 Å². The molecule has 146 valence electrons. The van der Waals surface area contributed by atoms with E-state index in [9.17, 15) is 4.79 Å². The van der Waals surface area contributed by atoms with Crippen molar-refractivity contribution in [2.75, 3.05) is 7.11 Å².